The fourth-order valence-corrected chi connectivity index (χ4v) is 8.29. The number of halogens is 2. The summed E-state index contributed by atoms with van der Waals surface area (Å²) >= 11 is 1.42. The van der Waals surface area contributed by atoms with Crippen LogP contribution in [-0.2, 0) is 4.79 Å². The van der Waals surface area contributed by atoms with E-state index in [4.69, 9.17) is 0 Å². The number of carbonyl (C=O) groups is 1. The van der Waals surface area contributed by atoms with Crippen LogP contribution in [0.1, 0.15) is 58.8 Å². The second-order valence-corrected chi connectivity index (χ2v) is 12.7. The lowest BCUT2D eigenvalue weighted by Gasteiger charge is -2.33. The van der Waals surface area contributed by atoms with E-state index in [0.717, 1.165) is 25.6 Å². The molecule has 0 amide bonds. The van der Waals surface area contributed by atoms with E-state index in [1.54, 1.807) is 0 Å². The molecule has 2 unspecified atom stereocenters. The molecule has 3 aliphatic heterocycles. The molecule has 6 aliphatic rings. The Bertz CT molecular complexity index is 1150. The van der Waals surface area contributed by atoms with E-state index in [-0.39, 0.29) is 29.9 Å². The van der Waals surface area contributed by atoms with Crippen LogP contribution in [0.25, 0.3) is 0 Å². The Balaban J connectivity index is 0.00000168. The van der Waals surface area contributed by atoms with E-state index < -0.39 is 5.97 Å². The fraction of sp³-hybridized carbons (Fsp3) is 0.600. The minimum Gasteiger partial charge on any atom is -0.476 e. The molecular weight excluding hydrogens is 537 g/mol. The lowest BCUT2D eigenvalue weighted by atomic mass is 9.80. The molecular formula is C30H41Cl2N3O2S. The van der Waals surface area contributed by atoms with E-state index in [1.807, 2.05) is 0 Å². The van der Waals surface area contributed by atoms with Gasteiger partial charge in [0.25, 0.3) is 0 Å². The van der Waals surface area contributed by atoms with Crippen molar-refractivity contribution in [1.82, 2.24) is 9.80 Å². The zero-order valence-corrected chi connectivity index (χ0v) is 25.0. The molecule has 1 N–H and O–H groups in total. The SMILES string of the molecule is CC1=CC=C2C(C3CCCCC3)=C3C(=CN(CCN4CCCC(C)C4)CC4=C3SC(C(=O)O)=NC4)C12.Cl.Cl. The fourth-order valence-electron chi connectivity index (χ4n) is 7.28. The first-order valence-electron chi connectivity index (χ1n) is 14.0. The maximum atomic E-state index is 12.0. The molecule has 0 spiro atoms. The molecule has 0 bridgehead atoms. The molecule has 0 aromatic rings. The zero-order chi connectivity index (χ0) is 24.8. The third kappa shape index (κ3) is 5.56. The first kappa shape index (κ1) is 29.5. The molecule has 0 aromatic heterocycles. The van der Waals surface area contributed by atoms with E-state index >= 15 is 0 Å². The summed E-state index contributed by atoms with van der Waals surface area (Å²) in [5.74, 6) is 0.797. The van der Waals surface area contributed by atoms with Crippen LogP contribution in [0, 0.1) is 17.8 Å². The molecule has 0 radical (unpaired) electrons. The minimum absolute atomic E-state index is 0. The van der Waals surface area contributed by atoms with E-state index in [9.17, 15) is 9.90 Å². The Morgan fingerprint density at radius 3 is 2.61 bits per heavy atom. The Morgan fingerprint density at radius 2 is 1.87 bits per heavy atom. The molecule has 38 heavy (non-hydrogen) atoms. The minimum atomic E-state index is -0.897. The number of aliphatic carboxylic acids is 1. The predicted molar refractivity (Wildman–Crippen MR) is 162 cm³/mol. The number of fused-ring (bicyclic) bond motifs is 4. The highest BCUT2D eigenvalue weighted by atomic mass is 35.5. The number of carboxylic acid groups (broad SMARTS) is 1. The third-order valence-electron chi connectivity index (χ3n) is 8.99. The molecule has 3 heterocycles. The smallest absolute Gasteiger partial charge is 0.361 e. The molecule has 3 aliphatic carbocycles. The lowest BCUT2D eigenvalue weighted by Crippen LogP contribution is -2.39. The summed E-state index contributed by atoms with van der Waals surface area (Å²) in [5.41, 5.74) is 8.50. The number of allylic oxidation sites excluding steroid dienone is 7. The van der Waals surface area contributed by atoms with Crippen molar-refractivity contribution in [3.8, 4) is 0 Å². The van der Waals surface area contributed by atoms with Gasteiger partial charge in [0, 0.05) is 43.2 Å². The van der Waals surface area contributed by atoms with Crippen molar-refractivity contribution in [3.05, 3.63) is 56.7 Å². The number of carboxylic acids is 1. The van der Waals surface area contributed by atoms with Crippen molar-refractivity contribution in [1.29, 1.82) is 0 Å². The van der Waals surface area contributed by atoms with Gasteiger partial charge in [-0.25, -0.2) is 4.79 Å². The lowest BCUT2D eigenvalue weighted by molar-refractivity contribution is -0.129. The van der Waals surface area contributed by atoms with E-state index in [0.29, 0.717) is 18.4 Å². The predicted octanol–water partition coefficient (Wildman–Crippen LogP) is 6.64. The largest absolute Gasteiger partial charge is 0.476 e. The van der Waals surface area contributed by atoms with E-state index in [2.05, 4.69) is 47.0 Å². The molecule has 8 heteroatoms. The van der Waals surface area contributed by atoms with Gasteiger partial charge >= 0.3 is 5.97 Å². The first-order chi connectivity index (χ1) is 17.5. The molecule has 1 saturated heterocycles. The highest BCUT2D eigenvalue weighted by molar-refractivity contribution is 8.19. The van der Waals surface area contributed by atoms with Crippen LogP contribution in [0.3, 0.4) is 0 Å². The molecule has 0 aromatic carbocycles. The van der Waals surface area contributed by atoms with Gasteiger partial charge in [-0.15, -0.1) is 24.8 Å². The number of rotatable bonds is 5. The normalized spacial score (nSPS) is 27.7. The van der Waals surface area contributed by atoms with Gasteiger partial charge in [0.1, 0.15) is 0 Å². The quantitative estimate of drug-likeness (QED) is 0.397. The topological polar surface area (TPSA) is 56.1 Å². The molecule has 1 saturated carbocycles. The summed E-state index contributed by atoms with van der Waals surface area (Å²) in [7, 11) is 0. The van der Waals surface area contributed by atoms with Gasteiger partial charge in [-0.2, -0.15) is 0 Å². The second-order valence-electron chi connectivity index (χ2n) is 11.7. The number of likely N-dealkylation sites (tertiary alicyclic amines) is 1. The number of aliphatic imine (C=N–C) groups is 1. The maximum Gasteiger partial charge on any atom is 0.361 e. The van der Waals surface area contributed by atoms with Crippen LogP contribution < -0.4 is 0 Å². The highest BCUT2D eigenvalue weighted by Crippen LogP contribution is 2.57. The molecule has 2 atom stereocenters. The summed E-state index contributed by atoms with van der Waals surface area (Å²) < 4.78 is 0. The van der Waals surface area contributed by atoms with Gasteiger partial charge in [0.2, 0.25) is 0 Å². The van der Waals surface area contributed by atoms with E-state index in [1.165, 1.54) is 108 Å². The van der Waals surface area contributed by atoms with Crippen LogP contribution >= 0.6 is 36.6 Å². The second kappa shape index (κ2) is 12.4. The Hall–Kier alpha value is -1.47. The number of piperidine rings is 1. The van der Waals surface area contributed by atoms with Crippen molar-refractivity contribution >= 4 is 47.6 Å². The molecule has 5 nitrogen and oxygen atoms in total. The molecule has 2 fully saturated rings. The average Bonchev–Trinajstić information content (AvgIpc) is 3.35. The zero-order valence-electron chi connectivity index (χ0n) is 22.6. The average molecular weight is 579 g/mol. The number of nitrogens with zero attached hydrogens (tertiary/aromatic N) is 3. The summed E-state index contributed by atoms with van der Waals surface area (Å²) in [6.45, 7) is 10.5. The Labute approximate surface area is 244 Å². The Kier molecular flexibility index (Phi) is 9.60. The van der Waals surface area contributed by atoms with Gasteiger partial charge in [0.05, 0.1) is 6.54 Å². The third-order valence-corrected chi connectivity index (χ3v) is 10.2. The summed E-state index contributed by atoms with van der Waals surface area (Å²) in [6, 6.07) is 0. The number of hydrogen-bond acceptors (Lipinski definition) is 5. The van der Waals surface area contributed by atoms with Crippen LogP contribution in [-0.4, -0.2) is 65.2 Å². The highest BCUT2D eigenvalue weighted by Gasteiger charge is 2.44. The van der Waals surface area contributed by atoms with Gasteiger partial charge in [-0.3, -0.25) is 4.99 Å². The maximum absolute atomic E-state index is 12.0. The van der Waals surface area contributed by atoms with Gasteiger partial charge in [0.15, 0.2) is 5.04 Å². The van der Waals surface area contributed by atoms with Crippen molar-refractivity contribution in [2.45, 2.75) is 58.8 Å². The van der Waals surface area contributed by atoms with Crippen LogP contribution in [0.2, 0.25) is 0 Å². The molecule has 6 rings (SSSR count). The Morgan fingerprint density at radius 1 is 1.08 bits per heavy atom. The van der Waals surface area contributed by atoms with Crippen LogP contribution in [0.15, 0.2) is 61.7 Å². The van der Waals surface area contributed by atoms with Crippen molar-refractivity contribution in [2.75, 3.05) is 39.3 Å². The van der Waals surface area contributed by atoms with Crippen molar-refractivity contribution in [2.24, 2.45) is 22.7 Å². The van der Waals surface area contributed by atoms with Crippen LogP contribution in [0.4, 0.5) is 0 Å². The van der Waals surface area contributed by atoms with Crippen LogP contribution in [0.5, 0.6) is 0 Å². The van der Waals surface area contributed by atoms with Gasteiger partial charge in [-0.05, 0) is 78.9 Å². The molecule has 208 valence electrons. The number of thioether (sulfide) groups is 1. The van der Waals surface area contributed by atoms with Crippen molar-refractivity contribution < 1.29 is 9.90 Å². The number of hydrogen-bond donors (Lipinski definition) is 1. The monoisotopic (exact) mass is 577 g/mol. The summed E-state index contributed by atoms with van der Waals surface area (Å²) in [6.07, 6.45) is 16.2. The summed E-state index contributed by atoms with van der Waals surface area (Å²) in [5, 5.41) is 10.1. The van der Waals surface area contributed by atoms with Gasteiger partial charge < -0.3 is 14.9 Å². The van der Waals surface area contributed by atoms with Crippen molar-refractivity contribution in [3.63, 3.8) is 0 Å². The standard InChI is InChI=1S/C30H39N3O2S.2ClH/c1-19-7-6-12-32(16-19)13-14-33-17-22-15-31-29(30(34)35)36-28(22)27-24(18-33)25-20(2)10-11-23(25)26(27)21-8-4-3-5-9-21;;/h10-11,18-19,21,25H,3-9,12-17H2,1-2H3,(H,34,35);2*1H. The first-order valence-corrected chi connectivity index (χ1v) is 14.8. The van der Waals surface area contributed by atoms with Gasteiger partial charge in [-0.1, -0.05) is 55.7 Å². The summed E-state index contributed by atoms with van der Waals surface area (Å²) in [4.78, 5) is 22.8.